The fraction of sp³-hybridized carbons (Fsp3) is 0.190. The van der Waals surface area contributed by atoms with E-state index in [1.807, 2.05) is 48.8 Å². The fourth-order valence-electron chi connectivity index (χ4n) is 5.45. The third-order valence-corrected chi connectivity index (χ3v) is 10.3. The zero-order valence-electron chi connectivity index (χ0n) is 27.9. The van der Waals surface area contributed by atoms with Gasteiger partial charge in [0.25, 0.3) is 0 Å². The van der Waals surface area contributed by atoms with Gasteiger partial charge in [-0.15, -0.1) is 59.7 Å². The summed E-state index contributed by atoms with van der Waals surface area (Å²) in [5.41, 5.74) is 9.67. The van der Waals surface area contributed by atoms with Gasteiger partial charge >= 0.3 is 0 Å². The summed E-state index contributed by atoms with van der Waals surface area (Å²) in [4.78, 5) is 9.11. The number of rotatable bonds is 5. The molecular formula is C42H40IrN2OSi-2. The van der Waals surface area contributed by atoms with Crippen molar-refractivity contribution in [3.05, 3.63) is 150 Å². The fourth-order valence-corrected chi connectivity index (χ4v) is 6.48. The molecule has 0 aliphatic rings. The molecule has 0 saturated carbocycles. The molecule has 1 radical (unpaired) electrons. The Morgan fingerprint density at radius 1 is 0.681 bits per heavy atom. The molecule has 0 saturated heterocycles. The van der Waals surface area contributed by atoms with Gasteiger partial charge in [-0.1, -0.05) is 106 Å². The Bertz CT molecular complexity index is 2070. The van der Waals surface area contributed by atoms with Crippen LogP contribution < -0.4 is 5.19 Å². The van der Waals surface area contributed by atoms with Gasteiger partial charge in [0.05, 0.1) is 13.7 Å². The number of hydrogen-bond donors (Lipinski definition) is 0. The summed E-state index contributed by atoms with van der Waals surface area (Å²) in [6.45, 7) is 13.6. The zero-order chi connectivity index (χ0) is 32.3. The molecule has 47 heavy (non-hydrogen) atoms. The SMILES string of the molecule is CC(C)(C)c1ccnc(-c2[c-]cc3oc4cc(Cc5ccccc5)ccc4c3c2)c1.C[Si](C)(C)c1ccc(-c2[c-]cccc2)nc1.[Ir]. The van der Waals surface area contributed by atoms with Crippen LogP contribution in [0.3, 0.4) is 0 Å². The molecule has 7 rings (SSSR count). The minimum absolute atomic E-state index is 0. The molecule has 7 aromatic rings. The Hall–Kier alpha value is -4.15. The van der Waals surface area contributed by atoms with Crippen LogP contribution in [0.25, 0.3) is 44.5 Å². The second-order valence-electron chi connectivity index (χ2n) is 13.9. The van der Waals surface area contributed by atoms with E-state index >= 15 is 0 Å². The summed E-state index contributed by atoms with van der Waals surface area (Å²) in [5.74, 6) is 0. The molecule has 239 valence electrons. The molecule has 0 amide bonds. The maximum atomic E-state index is 6.15. The second-order valence-corrected chi connectivity index (χ2v) is 18.9. The van der Waals surface area contributed by atoms with Crippen molar-refractivity contribution in [2.45, 2.75) is 52.2 Å². The monoisotopic (exact) mass is 809 g/mol. The van der Waals surface area contributed by atoms with Crippen LogP contribution in [-0.2, 0) is 31.9 Å². The van der Waals surface area contributed by atoms with E-state index in [0.717, 1.165) is 50.9 Å². The first-order valence-corrected chi connectivity index (χ1v) is 19.4. The van der Waals surface area contributed by atoms with E-state index in [0.29, 0.717) is 0 Å². The number of fused-ring (bicyclic) bond motifs is 3. The molecule has 3 heterocycles. The van der Waals surface area contributed by atoms with E-state index in [2.05, 4.69) is 135 Å². The average molecular weight is 809 g/mol. The van der Waals surface area contributed by atoms with Crippen molar-refractivity contribution in [1.82, 2.24) is 9.97 Å². The third kappa shape index (κ3) is 8.23. The van der Waals surface area contributed by atoms with E-state index in [1.165, 1.54) is 21.9 Å². The van der Waals surface area contributed by atoms with Crippen molar-refractivity contribution in [3.8, 4) is 22.5 Å². The van der Waals surface area contributed by atoms with Gasteiger partial charge in [-0.25, -0.2) is 0 Å². The number of hydrogen-bond acceptors (Lipinski definition) is 3. The standard InChI is InChI=1S/C28H24NO.C14H16NSi.Ir/c1-28(2,3)22-13-14-29-25(18-22)21-10-12-26-24(17-21)23-11-9-20(16-27(23)30-26)15-19-7-5-4-6-8-19;1-16(2,3)13-9-10-14(15-11-13)12-7-5-4-6-8-12;/h4-9,11-14,16-18H,15H2,1-3H3;4-7,9-11H,1-3H3;/q2*-1;. The Balaban J connectivity index is 0.000000217. The molecule has 0 N–H and O–H groups in total. The molecule has 0 fully saturated rings. The maximum Gasteiger partial charge on any atom is 0.121 e. The molecule has 0 aliphatic heterocycles. The van der Waals surface area contributed by atoms with Crippen LogP contribution in [0.1, 0.15) is 37.5 Å². The van der Waals surface area contributed by atoms with Gasteiger partial charge in [-0.2, -0.15) is 0 Å². The van der Waals surface area contributed by atoms with Gasteiger partial charge in [0, 0.05) is 37.9 Å². The van der Waals surface area contributed by atoms with Gasteiger partial charge in [0.1, 0.15) is 5.58 Å². The van der Waals surface area contributed by atoms with Crippen molar-refractivity contribution in [1.29, 1.82) is 0 Å². The molecule has 3 aromatic heterocycles. The Morgan fingerprint density at radius 2 is 1.47 bits per heavy atom. The first-order chi connectivity index (χ1) is 22.0. The summed E-state index contributed by atoms with van der Waals surface area (Å²) in [6, 6.07) is 44.2. The van der Waals surface area contributed by atoms with Crippen molar-refractivity contribution < 1.29 is 24.5 Å². The van der Waals surface area contributed by atoms with Crippen LogP contribution in [0.5, 0.6) is 0 Å². The zero-order valence-corrected chi connectivity index (χ0v) is 31.3. The van der Waals surface area contributed by atoms with Gasteiger partial charge < -0.3 is 14.4 Å². The van der Waals surface area contributed by atoms with Crippen LogP contribution in [0.4, 0.5) is 0 Å². The number of nitrogens with zero attached hydrogens (tertiary/aromatic N) is 2. The smallest absolute Gasteiger partial charge is 0.121 e. The largest absolute Gasteiger partial charge is 0.500 e. The van der Waals surface area contributed by atoms with Gasteiger partial charge in [0.15, 0.2) is 0 Å². The van der Waals surface area contributed by atoms with Gasteiger partial charge in [0.2, 0.25) is 0 Å². The number of benzene rings is 4. The molecule has 0 aliphatic carbocycles. The molecule has 4 aromatic carbocycles. The van der Waals surface area contributed by atoms with Crippen LogP contribution in [0, 0.1) is 12.1 Å². The molecule has 5 heteroatoms. The number of aromatic nitrogens is 2. The second kappa shape index (κ2) is 14.3. The van der Waals surface area contributed by atoms with E-state index in [-0.39, 0.29) is 25.5 Å². The van der Waals surface area contributed by atoms with E-state index in [1.54, 1.807) is 0 Å². The topological polar surface area (TPSA) is 38.9 Å². The summed E-state index contributed by atoms with van der Waals surface area (Å²) >= 11 is 0. The summed E-state index contributed by atoms with van der Waals surface area (Å²) in [5, 5.41) is 3.63. The van der Waals surface area contributed by atoms with Crippen molar-refractivity contribution in [2.24, 2.45) is 0 Å². The quantitative estimate of drug-likeness (QED) is 0.128. The van der Waals surface area contributed by atoms with Crippen LogP contribution in [-0.4, -0.2) is 18.0 Å². The third-order valence-electron chi connectivity index (χ3n) is 8.24. The minimum atomic E-state index is -1.23. The van der Waals surface area contributed by atoms with Crippen molar-refractivity contribution in [3.63, 3.8) is 0 Å². The van der Waals surface area contributed by atoms with Crippen LogP contribution >= 0.6 is 0 Å². The molecular weight excluding hydrogens is 769 g/mol. The van der Waals surface area contributed by atoms with E-state index in [4.69, 9.17) is 4.42 Å². The Kier molecular flexibility index (Phi) is 10.4. The van der Waals surface area contributed by atoms with E-state index in [9.17, 15) is 0 Å². The van der Waals surface area contributed by atoms with E-state index < -0.39 is 8.07 Å². The summed E-state index contributed by atoms with van der Waals surface area (Å²) < 4.78 is 6.15. The Morgan fingerprint density at radius 3 is 2.15 bits per heavy atom. The molecule has 0 bridgehead atoms. The maximum absolute atomic E-state index is 6.15. The molecule has 0 unspecified atom stereocenters. The predicted octanol–water partition coefficient (Wildman–Crippen LogP) is 10.4. The normalized spacial score (nSPS) is 11.5. The van der Waals surface area contributed by atoms with Crippen molar-refractivity contribution in [2.75, 3.05) is 0 Å². The first-order valence-electron chi connectivity index (χ1n) is 15.9. The first kappa shape index (κ1) is 34.2. The number of furan rings is 1. The van der Waals surface area contributed by atoms with Gasteiger partial charge in [-0.05, 0) is 57.2 Å². The summed E-state index contributed by atoms with van der Waals surface area (Å²) in [6.07, 6.45) is 4.80. The predicted molar refractivity (Wildman–Crippen MR) is 195 cm³/mol. The molecule has 0 spiro atoms. The Labute approximate surface area is 293 Å². The van der Waals surface area contributed by atoms with Crippen LogP contribution in [0.2, 0.25) is 19.6 Å². The molecule has 0 atom stereocenters. The van der Waals surface area contributed by atoms with Crippen molar-refractivity contribution >= 4 is 35.2 Å². The number of pyridine rings is 2. The van der Waals surface area contributed by atoms with Gasteiger partial charge in [-0.3, -0.25) is 0 Å². The molecule has 3 nitrogen and oxygen atoms in total. The minimum Gasteiger partial charge on any atom is -0.500 e. The average Bonchev–Trinajstić information content (AvgIpc) is 3.42. The van der Waals surface area contributed by atoms with Crippen LogP contribution in [0.15, 0.2) is 126 Å². The summed E-state index contributed by atoms with van der Waals surface area (Å²) in [7, 11) is -1.23.